The third kappa shape index (κ3) is 4.43. The summed E-state index contributed by atoms with van der Waals surface area (Å²) >= 11 is 0. The summed E-state index contributed by atoms with van der Waals surface area (Å²) in [7, 11) is 5.80. The lowest BCUT2D eigenvalue weighted by molar-refractivity contribution is 0.288. The van der Waals surface area contributed by atoms with E-state index >= 15 is 0 Å². The molecular formula is C23H28N2O3. The van der Waals surface area contributed by atoms with Crippen molar-refractivity contribution in [2.45, 2.75) is 26.4 Å². The van der Waals surface area contributed by atoms with E-state index in [1.807, 2.05) is 25.1 Å². The zero-order valence-electron chi connectivity index (χ0n) is 17.2. The molecule has 0 spiro atoms. The highest BCUT2D eigenvalue weighted by Crippen LogP contribution is 2.23. The molecule has 2 aromatic carbocycles. The molecule has 3 aromatic rings. The summed E-state index contributed by atoms with van der Waals surface area (Å²) in [5.74, 6) is 0.849. The first-order valence-electron chi connectivity index (χ1n) is 9.44. The Morgan fingerprint density at radius 1 is 1.07 bits per heavy atom. The van der Waals surface area contributed by atoms with Gasteiger partial charge in [-0.25, -0.2) is 4.79 Å². The van der Waals surface area contributed by atoms with Gasteiger partial charge in [-0.15, -0.1) is 0 Å². The molecule has 0 unspecified atom stereocenters. The van der Waals surface area contributed by atoms with Gasteiger partial charge in [-0.2, -0.15) is 0 Å². The van der Waals surface area contributed by atoms with Gasteiger partial charge in [-0.05, 0) is 74.5 Å². The monoisotopic (exact) mass is 380 g/mol. The Hall–Kier alpha value is -2.63. The van der Waals surface area contributed by atoms with Crippen molar-refractivity contribution < 1.29 is 9.15 Å². The molecule has 0 bridgehead atoms. The normalized spacial score (nSPS) is 12.5. The van der Waals surface area contributed by atoms with Crippen LogP contribution in [-0.4, -0.2) is 32.6 Å². The predicted molar refractivity (Wildman–Crippen MR) is 113 cm³/mol. The highest BCUT2D eigenvalue weighted by molar-refractivity contribution is 5.81. The molecule has 0 amide bonds. The molecule has 5 heteroatoms. The number of methoxy groups -OCH3 is 1. The van der Waals surface area contributed by atoms with Crippen molar-refractivity contribution in [1.82, 2.24) is 10.2 Å². The third-order valence-electron chi connectivity index (χ3n) is 5.22. The summed E-state index contributed by atoms with van der Waals surface area (Å²) in [4.78, 5) is 14.2. The highest BCUT2D eigenvalue weighted by Gasteiger charge is 2.15. The topological polar surface area (TPSA) is 54.7 Å². The molecule has 1 atom stereocenters. The minimum Gasteiger partial charge on any atom is -0.497 e. The maximum atomic E-state index is 12.0. The van der Waals surface area contributed by atoms with Crippen molar-refractivity contribution in [3.8, 4) is 5.75 Å². The largest absolute Gasteiger partial charge is 0.497 e. The van der Waals surface area contributed by atoms with Gasteiger partial charge in [0.15, 0.2) is 0 Å². The average Bonchev–Trinajstić information content (AvgIpc) is 2.66. The first kappa shape index (κ1) is 20.1. The van der Waals surface area contributed by atoms with E-state index in [0.29, 0.717) is 12.1 Å². The zero-order valence-corrected chi connectivity index (χ0v) is 17.2. The average molecular weight is 380 g/mol. The van der Waals surface area contributed by atoms with Gasteiger partial charge in [0.25, 0.3) is 0 Å². The number of nitrogens with one attached hydrogen (secondary N) is 1. The molecule has 0 aliphatic rings. The molecule has 1 aromatic heterocycles. The molecule has 28 heavy (non-hydrogen) atoms. The van der Waals surface area contributed by atoms with Crippen LogP contribution in [0.25, 0.3) is 11.0 Å². The van der Waals surface area contributed by atoms with Crippen molar-refractivity contribution in [2.24, 2.45) is 0 Å². The smallest absolute Gasteiger partial charge is 0.336 e. The molecule has 0 radical (unpaired) electrons. The standard InChI is InChI=1S/C23H28N2O3/c1-15-10-20-18(12-23(26)28-22(20)11-16(15)2)13-24-14-21(25(3)4)17-6-8-19(27-5)9-7-17/h6-12,21,24H,13-14H2,1-5H3/t21-/m0/s1. The Kier molecular flexibility index (Phi) is 6.17. The van der Waals surface area contributed by atoms with Crippen LogP contribution in [-0.2, 0) is 6.54 Å². The van der Waals surface area contributed by atoms with Crippen LogP contribution in [0.1, 0.15) is 28.3 Å². The lowest BCUT2D eigenvalue weighted by Gasteiger charge is -2.25. The molecule has 0 aliphatic carbocycles. The maximum Gasteiger partial charge on any atom is 0.336 e. The van der Waals surface area contributed by atoms with Crippen LogP contribution in [0.15, 0.2) is 51.7 Å². The number of rotatable bonds is 7. The lowest BCUT2D eigenvalue weighted by Crippen LogP contribution is -2.31. The Balaban J connectivity index is 1.78. The molecule has 0 saturated carbocycles. The molecular weight excluding hydrogens is 352 g/mol. The van der Waals surface area contributed by atoms with Crippen LogP contribution >= 0.6 is 0 Å². The van der Waals surface area contributed by atoms with Crippen molar-refractivity contribution in [3.63, 3.8) is 0 Å². The number of hydrogen-bond acceptors (Lipinski definition) is 5. The fourth-order valence-corrected chi connectivity index (χ4v) is 3.40. The summed E-state index contributed by atoms with van der Waals surface area (Å²) in [5, 5.41) is 4.50. The SMILES string of the molecule is COc1ccc([C@H](CNCc2cc(=O)oc3cc(C)c(C)cc23)N(C)C)cc1. The van der Waals surface area contributed by atoms with Gasteiger partial charge in [0.1, 0.15) is 11.3 Å². The second-order valence-electron chi connectivity index (χ2n) is 7.41. The number of benzene rings is 2. The van der Waals surface area contributed by atoms with Gasteiger partial charge >= 0.3 is 5.63 Å². The molecule has 0 saturated heterocycles. The molecule has 1 heterocycles. The first-order chi connectivity index (χ1) is 13.4. The minimum atomic E-state index is -0.313. The first-order valence-corrected chi connectivity index (χ1v) is 9.44. The van der Waals surface area contributed by atoms with Gasteiger partial charge in [-0.3, -0.25) is 0 Å². The Labute approximate surface area is 165 Å². The van der Waals surface area contributed by atoms with Gasteiger partial charge in [0.05, 0.1) is 7.11 Å². The lowest BCUT2D eigenvalue weighted by atomic mass is 10.0. The number of ether oxygens (including phenoxy) is 1. The molecule has 0 aliphatic heterocycles. The van der Waals surface area contributed by atoms with E-state index < -0.39 is 0 Å². The molecule has 5 nitrogen and oxygen atoms in total. The van der Waals surface area contributed by atoms with Crippen LogP contribution in [0, 0.1) is 13.8 Å². The van der Waals surface area contributed by atoms with Crippen LogP contribution in [0.4, 0.5) is 0 Å². The number of nitrogens with zero attached hydrogens (tertiary/aromatic N) is 1. The molecule has 1 N–H and O–H groups in total. The van der Waals surface area contributed by atoms with E-state index in [9.17, 15) is 4.79 Å². The van der Waals surface area contributed by atoms with Crippen molar-refractivity contribution in [3.05, 3.63) is 75.1 Å². The maximum absolute atomic E-state index is 12.0. The number of likely N-dealkylation sites (N-methyl/N-ethyl adjacent to an activating group) is 1. The second kappa shape index (κ2) is 8.59. The van der Waals surface area contributed by atoms with E-state index in [1.165, 1.54) is 11.1 Å². The molecule has 3 rings (SSSR count). The van der Waals surface area contributed by atoms with Gasteiger partial charge in [-0.1, -0.05) is 12.1 Å². The zero-order chi connectivity index (χ0) is 20.3. The van der Waals surface area contributed by atoms with Crippen LogP contribution in [0.3, 0.4) is 0 Å². The number of hydrogen-bond donors (Lipinski definition) is 1. The van der Waals surface area contributed by atoms with E-state index in [-0.39, 0.29) is 11.7 Å². The predicted octanol–water partition coefficient (Wildman–Crippen LogP) is 3.81. The summed E-state index contributed by atoms with van der Waals surface area (Å²) in [6.45, 7) is 5.45. The Morgan fingerprint density at radius 3 is 2.39 bits per heavy atom. The van der Waals surface area contributed by atoms with Crippen molar-refractivity contribution >= 4 is 11.0 Å². The summed E-state index contributed by atoms with van der Waals surface area (Å²) < 4.78 is 10.6. The van der Waals surface area contributed by atoms with E-state index in [2.05, 4.69) is 49.4 Å². The van der Waals surface area contributed by atoms with Crippen LogP contribution < -0.4 is 15.7 Å². The van der Waals surface area contributed by atoms with Crippen LogP contribution in [0.2, 0.25) is 0 Å². The minimum absolute atomic E-state index is 0.210. The van der Waals surface area contributed by atoms with Gasteiger partial charge < -0.3 is 19.4 Å². The second-order valence-corrected chi connectivity index (χ2v) is 7.41. The van der Waals surface area contributed by atoms with Gasteiger partial charge in [0.2, 0.25) is 0 Å². The fraction of sp³-hybridized carbons (Fsp3) is 0.348. The van der Waals surface area contributed by atoms with Gasteiger partial charge in [0, 0.05) is 30.6 Å². The fourth-order valence-electron chi connectivity index (χ4n) is 3.40. The summed E-state index contributed by atoms with van der Waals surface area (Å²) in [6.07, 6.45) is 0. The molecule has 0 fully saturated rings. The van der Waals surface area contributed by atoms with Crippen molar-refractivity contribution in [1.29, 1.82) is 0 Å². The third-order valence-corrected chi connectivity index (χ3v) is 5.22. The van der Waals surface area contributed by atoms with Crippen molar-refractivity contribution in [2.75, 3.05) is 27.7 Å². The van der Waals surface area contributed by atoms with Crippen LogP contribution in [0.5, 0.6) is 5.75 Å². The quantitative estimate of drug-likeness (QED) is 0.632. The Bertz CT molecular complexity index is 1010. The number of aryl methyl sites for hydroxylation is 2. The van der Waals surface area contributed by atoms with E-state index in [1.54, 1.807) is 13.2 Å². The van der Waals surface area contributed by atoms with E-state index in [4.69, 9.17) is 9.15 Å². The Morgan fingerprint density at radius 2 is 1.75 bits per heavy atom. The highest BCUT2D eigenvalue weighted by atomic mass is 16.5. The summed E-state index contributed by atoms with van der Waals surface area (Å²) in [6, 6.07) is 14.0. The summed E-state index contributed by atoms with van der Waals surface area (Å²) in [5.41, 5.74) is 4.81. The molecule has 148 valence electrons. The van der Waals surface area contributed by atoms with E-state index in [0.717, 1.165) is 28.8 Å². The number of fused-ring (bicyclic) bond motifs is 1.